The predicted octanol–water partition coefficient (Wildman–Crippen LogP) is 3.78. The molecular weight excluding hydrogens is 239 g/mol. The lowest BCUT2D eigenvalue weighted by Gasteiger charge is -2.19. The molecule has 1 saturated heterocycles. The van der Waals surface area contributed by atoms with Crippen molar-refractivity contribution in [2.45, 2.75) is 25.1 Å². The SMILES string of the molecule is FC(F)(F)c1cccc(Cl)c1C1CCCN1. The quantitative estimate of drug-likeness (QED) is 0.799. The van der Waals surface area contributed by atoms with Gasteiger partial charge in [0.15, 0.2) is 0 Å². The molecule has 16 heavy (non-hydrogen) atoms. The lowest BCUT2D eigenvalue weighted by atomic mass is 9.98. The highest BCUT2D eigenvalue weighted by molar-refractivity contribution is 6.31. The average Bonchev–Trinajstić information content (AvgIpc) is 2.68. The Hall–Kier alpha value is -0.740. The highest BCUT2D eigenvalue weighted by Crippen LogP contribution is 2.40. The highest BCUT2D eigenvalue weighted by atomic mass is 35.5. The van der Waals surface area contributed by atoms with Crippen LogP contribution < -0.4 is 5.32 Å². The Labute approximate surface area is 96.6 Å². The molecule has 0 saturated carbocycles. The van der Waals surface area contributed by atoms with E-state index in [2.05, 4.69) is 5.32 Å². The lowest BCUT2D eigenvalue weighted by molar-refractivity contribution is -0.138. The minimum Gasteiger partial charge on any atom is -0.310 e. The number of hydrogen-bond donors (Lipinski definition) is 1. The molecule has 1 N–H and O–H groups in total. The second-order valence-corrected chi connectivity index (χ2v) is 4.25. The molecule has 1 heterocycles. The first-order valence-corrected chi connectivity index (χ1v) is 5.47. The van der Waals surface area contributed by atoms with Crippen LogP contribution in [0.5, 0.6) is 0 Å². The monoisotopic (exact) mass is 249 g/mol. The molecule has 88 valence electrons. The largest absolute Gasteiger partial charge is 0.416 e. The van der Waals surface area contributed by atoms with E-state index in [9.17, 15) is 13.2 Å². The molecule has 0 spiro atoms. The van der Waals surface area contributed by atoms with E-state index in [0.29, 0.717) is 6.42 Å². The zero-order valence-corrected chi connectivity index (χ0v) is 9.20. The van der Waals surface area contributed by atoms with Crippen molar-refractivity contribution >= 4 is 11.6 Å². The van der Waals surface area contributed by atoms with Crippen LogP contribution in [0.2, 0.25) is 5.02 Å². The van der Waals surface area contributed by atoms with E-state index in [4.69, 9.17) is 11.6 Å². The molecule has 1 aliphatic rings. The molecule has 0 amide bonds. The van der Waals surface area contributed by atoms with Gasteiger partial charge in [-0.3, -0.25) is 0 Å². The van der Waals surface area contributed by atoms with Gasteiger partial charge in [-0.2, -0.15) is 13.2 Å². The fourth-order valence-corrected chi connectivity index (χ4v) is 2.38. The first-order valence-electron chi connectivity index (χ1n) is 5.09. The minimum absolute atomic E-state index is 0.189. The van der Waals surface area contributed by atoms with Gasteiger partial charge in [-0.1, -0.05) is 17.7 Å². The summed E-state index contributed by atoms with van der Waals surface area (Å²) in [6.45, 7) is 0.743. The van der Waals surface area contributed by atoms with Crippen molar-refractivity contribution < 1.29 is 13.2 Å². The molecular formula is C11H11ClF3N. The van der Waals surface area contributed by atoms with Crippen LogP contribution in [0.3, 0.4) is 0 Å². The third-order valence-corrected chi connectivity index (χ3v) is 3.10. The summed E-state index contributed by atoms with van der Waals surface area (Å²) in [4.78, 5) is 0. The van der Waals surface area contributed by atoms with Gasteiger partial charge in [0.1, 0.15) is 0 Å². The molecule has 0 bridgehead atoms. The van der Waals surface area contributed by atoms with Crippen LogP contribution >= 0.6 is 11.6 Å². The Balaban J connectivity index is 2.48. The lowest BCUT2D eigenvalue weighted by Crippen LogP contribution is -2.19. The maximum absolute atomic E-state index is 12.8. The number of alkyl halides is 3. The van der Waals surface area contributed by atoms with E-state index >= 15 is 0 Å². The Morgan fingerprint density at radius 3 is 2.62 bits per heavy atom. The zero-order chi connectivity index (χ0) is 11.8. The summed E-state index contributed by atoms with van der Waals surface area (Å²) in [6.07, 6.45) is -2.76. The number of halogens is 4. The summed E-state index contributed by atoms with van der Waals surface area (Å²) < 4.78 is 38.4. The standard InChI is InChI=1S/C11H11ClF3N/c12-8-4-1-3-7(11(13,14)15)10(8)9-5-2-6-16-9/h1,3-4,9,16H,2,5-6H2. The maximum Gasteiger partial charge on any atom is 0.416 e. The molecule has 1 nitrogen and oxygen atoms in total. The number of nitrogens with one attached hydrogen (secondary N) is 1. The molecule has 1 aromatic carbocycles. The van der Waals surface area contributed by atoms with Gasteiger partial charge in [0.05, 0.1) is 5.56 Å². The normalized spacial score (nSPS) is 21.4. The number of benzene rings is 1. The molecule has 1 aromatic rings. The van der Waals surface area contributed by atoms with E-state index in [1.165, 1.54) is 12.1 Å². The van der Waals surface area contributed by atoms with E-state index in [0.717, 1.165) is 19.0 Å². The van der Waals surface area contributed by atoms with Crippen molar-refractivity contribution in [3.05, 3.63) is 34.3 Å². The molecule has 1 unspecified atom stereocenters. The van der Waals surface area contributed by atoms with Crippen LogP contribution in [-0.4, -0.2) is 6.54 Å². The van der Waals surface area contributed by atoms with E-state index in [-0.39, 0.29) is 16.6 Å². The van der Waals surface area contributed by atoms with Gasteiger partial charge in [-0.05, 0) is 37.1 Å². The fraction of sp³-hybridized carbons (Fsp3) is 0.455. The van der Waals surface area contributed by atoms with E-state index < -0.39 is 11.7 Å². The highest BCUT2D eigenvalue weighted by Gasteiger charge is 2.36. The maximum atomic E-state index is 12.8. The van der Waals surface area contributed by atoms with Gasteiger partial charge in [-0.15, -0.1) is 0 Å². The smallest absolute Gasteiger partial charge is 0.310 e. The van der Waals surface area contributed by atoms with E-state index in [1.54, 1.807) is 0 Å². The second-order valence-electron chi connectivity index (χ2n) is 3.85. The van der Waals surface area contributed by atoms with Gasteiger partial charge in [0, 0.05) is 11.1 Å². The Morgan fingerprint density at radius 2 is 2.06 bits per heavy atom. The van der Waals surface area contributed by atoms with Gasteiger partial charge >= 0.3 is 6.18 Å². The molecule has 1 aliphatic heterocycles. The summed E-state index contributed by atoms with van der Waals surface area (Å²) in [5, 5.41) is 3.23. The Kier molecular flexibility index (Phi) is 3.13. The molecule has 0 aliphatic carbocycles. The van der Waals surface area contributed by atoms with Gasteiger partial charge < -0.3 is 5.32 Å². The van der Waals surface area contributed by atoms with Gasteiger partial charge in [-0.25, -0.2) is 0 Å². The summed E-state index contributed by atoms with van der Waals surface area (Å²) in [6, 6.07) is 3.65. The topological polar surface area (TPSA) is 12.0 Å². The number of rotatable bonds is 1. The van der Waals surface area contributed by atoms with E-state index in [1.807, 2.05) is 0 Å². The molecule has 1 fully saturated rings. The van der Waals surface area contributed by atoms with Crippen LogP contribution in [0.4, 0.5) is 13.2 Å². The van der Waals surface area contributed by atoms with Crippen molar-refractivity contribution in [2.24, 2.45) is 0 Å². The Morgan fingerprint density at radius 1 is 1.31 bits per heavy atom. The molecule has 0 radical (unpaired) electrons. The van der Waals surface area contributed by atoms with Crippen LogP contribution in [0.15, 0.2) is 18.2 Å². The van der Waals surface area contributed by atoms with Crippen molar-refractivity contribution in [1.29, 1.82) is 0 Å². The van der Waals surface area contributed by atoms with Crippen molar-refractivity contribution in [3.8, 4) is 0 Å². The summed E-state index contributed by atoms with van der Waals surface area (Å²) in [5.74, 6) is 0. The minimum atomic E-state index is -4.34. The number of hydrogen-bond acceptors (Lipinski definition) is 1. The molecule has 0 aromatic heterocycles. The summed E-state index contributed by atoms with van der Waals surface area (Å²) in [5.41, 5.74) is -0.437. The Bertz CT molecular complexity index is 383. The molecule has 2 rings (SSSR count). The first kappa shape index (κ1) is 11.7. The van der Waals surface area contributed by atoms with Crippen LogP contribution in [-0.2, 0) is 6.18 Å². The second kappa shape index (κ2) is 4.26. The summed E-state index contributed by atoms with van der Waals surface area (Å²) >= 11 is 5.88. The van der Waals surface area contributed by atoms with Crippen LogP contribution in [0.1, 0.15) is 30.0 Å². The first-order chi connectivity index (χ1) is 7.50. The van der Waals surface area contributed by atoms with Crippen LogP contribution in [0, 0.1) is 0 Å². The average molecular weight is 250 g/mol. The third-order valence-electron chi connectivity index (χ3n) is 2.77. The van der Waals surface area contributed by atoms with Gasteiger partial charge in [0.2, 0.25) is 0 Å². The third kappa shape index (κ3) is 2.18. The van der Waals surface area contributed by atoms with Crippen LogP contribution in [0.25, 0.3) is 0 Å². The molecule has 1 atom stereocenters. The van der Waals surface area contributed by atoms with Crippen molar-refractivity contribution in [1.82, 2.24) is 5.32 Å². The predicted molar refractivity (Wildman–Crippen MR) is 56.4 cm³/mol. The van der Waals surface area contributed by atoms with Crippen molar-refractivity contribution in [3.63, 3.8) is 0 Å². The summed E-state index contributed by atoms with van der Waals surface area (Å²) in [7, 11) is 0. The van der Waals surface area contributed by atoms with Crippen molar-refractivity contribution in [2.75, 3.05) is 6.54 Å². The van der Waals surface area contributed by atoms with Gasteiger partial charge in [0.25, 0.3) is 0 Å². The molecule has 5 heteroatoms. The zero-order valence-electron chi connectivity index (χ0n) is 8.44. The fourth-order valence-electron chi connectivity index (χ4n) is 2.07.